The van der Waals surface area contributed by atoms with Crippen LogP contribution in [0.5, 0.6) is 0 Å². The van der Waals surface area contributed by atoms with Crippen LogP contribution in [0.2, 0.25) is 0 Å². The summed E-state index contributed by atoms with van der Waals surface area (Å²) in [6.45, 7) is 0. The second-order valence-corrected chi connectivity index (χ2v) is 0.651. The van der Waals surface area contributed by atoms with Crippen LogP contribution in [0.3, 0.4) is 0 Å². The van der Waals surface area contributed by atoms with Crippen molar-refractivity contribution in [3.05, 3.63) is 0 Å². The number of hydrogen-bond acceptors (Lipinski definition) is 2. The number of rotatable bonds is 0. The molecule has 0 aliphatic carbocycles. The largest absolute Gasteiger partial charge is 0.750 e. The van der Waals surface area contributed by atoms with Gasteiger partial charge in [0.15, 0.2) is 0 Å². The van der Waals surface area contributed by atoms with Gasteiger partial charge >= 0.3 is 0 Å². The summed E-state index contributed by atoms with van der Waals surface area (Å²) in [4.78, 5) is 0. The van der Waals surface area contributed by atoms with Crippen molar-refractivity contribution in [2.75, 3.05) is 0 Å². The molecular formula is HO3ReS-. The smallest absolute Gasteiger partial charge is 0.0814 e. The molecule has 0 saturated carbocycles. The normalized spacial score (nSPS) is 12.4. The van der Waals surface area contributed by atoms with E-state index < -0.39 is 11.4 Å². The Labute approximate surface area is 45.5 Å². The Kier molecular flexibility index (Phi) is 8.72. The molecule has 0 saturated heterocycles. The van der Waals surface area contributed by atoms with E-state index in [1.807, 2.05) is 0 Å². The third-order valence-corrected chi connectivity index (χ3v) is 0. The molecule has 0 aliphatic heterocycles. The minimum atomic E-state index is -2.86. The van der Waals surface area contributed by atoms with Gasteiger partial charge in [-0.15, -0.1) is 0 Å². The molecule has 0 aromatic heterocycles. The monoisotopic (exact) mass is 268 g/mol. The van der Waals surface area contributed by atoms with Crippen molar-refractivity contribution in [2.24, 2.45) is 0 Å². The van der Waals surface area contributed by atoms with Gasteiger partial charge in [-0.25, -0.2) is 4.21 Å². The van der Waals surface area contributed by atoms with Crippen molar-refractivity contribution in [1.82, 2.24) is 0 Å². The molecule has 3 nitrogen and oxygen atoms in total. The van der Waals surface area contributed by atoms with Gasteiger partial charge in [0.2, 0.25) is 0 Å². The molecule has 5 heteroatoms. The maximum atomic E-state index is 8.56. The minimum Gasteiger partial charge on any atom is -0.750 e. The molecule has 5 heavy (non-hydrogen) atoms. The van der Waals surface area contributed by atoms with Crippen molar-refractivity contribution in [3.63, 3.8) is 0 Å². The van der Waals surface area contributed by atoms with Gasteiger partial charge in [0.25, 0.3) is 0 Å². The van der Waals surface area contributed by atoms with Gasteiger partial charge in [-0.05, 0) is 0 Å². The van der Waals surface area contributed by atoms with Crippen LogP contribution in [-0.4, -0.2) is 13.3 Å². The first-order valence-electron chi connectivity index (χ1n) is 0.516. The van der Waals surface area contributed by atoms with Gasteiger partial charge in [-0.3, -0.25) is 0 Å². The van der Waals surface area contributed by atoms with Crippen molar-refractivity contribution < 1.29 is 33.7 Å². The molecule has 1 atom stereocenters. The van der Waals surface area contributed by atoms with Crippen LogP contribution >= 0.6 is 0 Å². The van der Waals surface area contributed by atoms with Gasteiger partial charge in [0.1, 0.15) is 0 Å². The zero-order valence-electron chi connectivity index (χ0n) is 2.05. The maximum absolute atomic E-state index is 8.56. The van der Waals surface area contributed by atoms with Crippen molar-refractivity contribution >= 4 is 11.4 Å². The first-order valence-corrected chi connectivity index (χ1v) is 1.55. The summed E-state index contributed by atoms with van der Waals surface area (Å²) in [5, 5.41) is 0. The fourth-order valence-corrected chi connectivity index (χ4v) is 0. The first-order chi connectivity index (χ1) is 1.73. The molecule has 0 heterocycles. The summed E-state index contributed by atoms with van der Waals surface area (Å²) in [6, 6.07) is 0. The van der Waals surface area contributed by atoms with E-state index in [0.29, 0.717) is 0 Å². The molecule has 1 unspecified atom stereocenters. The Morgan fingerprint density at radius 3 is 1.80 bits per heavy atom. The van der Waals surface area contributed by atoms with E-state index in [9.17, 15) is 0 Å². The van der Waals surface area contributed by atoms with Crippen LogP contribution in [0, 0.1) is 0 Å². The summed E-state index contributed by atoms with van der Waals surface area (Å²) in [7, 11) is 0. The molecule has 33 valence electrons. The van der Waals surface area contributed by atoms with E-state index in [2.05, 4.69) is 0 Å². The van der Waals surface area contributed by atoms with Crippen molar-refractivity contribution in [3.8, 4) is 0 Å². The van der Waals surface area contributed by atoms with Crippen LogP contribution in [-0.2, 0) is 31.8 Å². The summed E-state index contributed by atoms with van der Waals surface area (Å²) in [5.74, 6) is 0. The summed E-state index contributed by atoms with van der Waals surface area (Å²) >= 11 is -2.86. The quantitative estimate of drug-likeness (QED) is 0.593. The van der Waals surface area contributed by atoms with E-state index >= 15 is 0 Å². The third kappa shape index (κ3) is 65.9. The summed E-state index contributed by atoms with van der Waals surface area (Å²) in [5.41, 5.74) is 0. The topological polar surface area (TPSA) is 60.4 Å². The zero-order chi connectivity index (χ0) is 3.58. The molecule has 0 spiro atoms. The molecule has 0 rings (SSSR count). The van der Waals surface area contributed by atoms with Gasteiger partial charge < -0.3 is 9.11 Å². The van der Waals surface area contributed by atoms with Crippen LogP contribution in [0.25, 0.3) is 0 Å². The maximum Gasteiger partial charge on any atom is 0.0814 e. The molecule has 0 fully saturated rings. The predicted molar refractivity (Wildman–Crippen MR) is 11.5 cm³/mol. The molecule has 0 amide bonds. The Hall–Kier alpha value is 0.732. The van der Waals surface area contributed by atoms with E-state index in [0.717, 1.165) is 0 Å². The Bertz CT molecular complexity index is 29.9. The Morgan fingerprint density at radius 2 is 1.80 bits per heavy atom. The summed E-state index contributed by atoms with van der Waals surface area (Å²) in [6.07, 6.45) is 0. The van der Waals surface area contributed by atoms with Gasteiger partial charge in [0, 0.05) is 20.4 Å². The van der Waals surface area contributed by atoms with Crippen LogP contribution in [0.15, 0.2) is 0 Å². The van der Waals surface area contributed by atoms with Crippen molar-refractivity contribution in [1.29, 1.82) is 0 Å². The van der Waals surface area contributed by atoms with Crippen LogP contribution in [0.1, 0.15) is 0 Å². The molecule has 0 bridgehead atoms. The Morgan fingerprint density at radius 1 is 1.80 bits per heavy atom. The van der Waals surface area contributed by atoms with Crippen LogP contribution in [0.4, 0.5) is 0 Å². The van der Waals surface area contributed by atoms with Crippen LogP contribution < -0.4 is 0 Å². The van der Waals surface area contributed by atoms with Crippen molar-refractivity contribution in [2.45, 2.75) is 0 Å². The van der Waals surface area contributed by atoms with Gasteiger partial charge in [-0.2, -0.15) is 0 Å². The average molecular weight is 267 g/mol. The molecule has 1 radical (unpaired) electrons. The first kappa shape index (κ1) is 9.22. The predicted octanol–water partition coefficient (Wildman–Crippen LogP) is -0.664. The summed E-state index contributed by atoms with van der Waals surface area (Å²) < 4.78 is 24.1. The average Bonchev–Trinajstić information content (AvgIpc) is 0.811. The van der Waals surface area contributed by atoms with E-state index in [1.165, 1.54) is 0 Å². The Balaban J connectivity index is 0. The molecule has 0 aliphatic rings. The second kappa shape index (κ2) is 4.73. The van der Waals surface area contributed by atoms with E-state index in [1.54, 1.807) is 0 Å². The zero-order valence-corrected chi connectivity index (χ0v) is 5.58. The molecule has 0 aromatic rings. The molecule has 0 aromatic carbocycles. The number of hydrogen-bond donors (Lipinski definition) is 1. The van der Waals surface area contributed by atoms with E-state index in [4.69, 9.17) is 13.3 Å². The molecule has 1 N–H and O–H groups in total. The SMILES string of the molecule is O=S([O-])O.[Re]. The third-order valence-electron chi connectivity index (χ3n) is 0. The van der Waals surface area contributed by atoms with Gasteiger partial charge in [0.05, 0.1) is 11.4 Å². The second-order valence-electron chi connectivity index (χ2n) is 0.217. The fraction of sp³-hybridized carbons (Fsp3) is 0. The minimum absolute atomic E-state index is 0. The fourth-order valence-electron chi connectivity index (χ4n) is 0. The molecular weight excluding hydrogens is 266 g/mol. The standard InChI is InChI=1S/H2O3S.Re/c1-4(2)3;/h(H2,1,2,3);/p-1. The van der Waals surface area contributed by atoms with Gasteiger partial charge in [-0.1, -0.05) is 0 Å². The van der Waals surface area contributed by atoms with E-state index in [-0.39, 0.29) is 20.4 Å².